The third-order valence-electron chi connectivity index (χ3n) is 4.37. The van der Waals surface area contributed by atoms with E-state index in [1.54, 1.807) is 30.3 Å². The van der Waals surface area contributed by atoms with Crippen LogP contribution in [0.3, 0.4) is 0 Å². The van der Waals surface area contributed by atoms with Crippen LogP contribution in [0.15, 0.2) is 53.6 Å². The molecule has 0 aliphatic carbocycles. The van der Waals surface area contributed by atoms with Crippen LogP contribution in [0, 0.1) is 0 Å². The average molecular weight is 426 g/mol. The highest BCUT2D eigenvalue weighted by Gasteiger charge is 2.28. The summed E-state index contributed by atoms with van der Waals surface area (Å²) in [4.78, 5) is 3.36. The molecule has 9 heteroatoms. The van der Waals surface area contributed by atoms with E-state index < -0.39 is 22.6 Å². The first-order valence-electron chi connectivity index (χ1n) is 8.91. The lowest BCUT2D eigenvalue weighted by molar-refractivity contribution is -0.153. The molecule has 0 spiro atoms. The number of H-pyrrole nitrogens is 1. The van der Waals surface area contributed by atoms with E-state index >= 15 is 0 Å². The SMILES string of the molecule is CS(=O)(=O)c1ccc2c(CCNCc3cccc(OCC(F)(F)F)c3)c[nH]c2c1. The Kier molecular flexibility index (Phi) is 6.18. The van der Waals surface area contributed by atoms with Crippen molar-refractivity contribution in [1.29, 1.82) is 0 Å². The molecule has 0 amide bonds. The van der Waals surface area contributed by atoms with Crippen molar-refractivity contribution in [3.05, 3.63) is 59.8 Å². The van der Waals surface area contributed by atoms with E-state index in [1.165, 1.54) is 12.3 Å². The maximum atomic E-state index is 12.2. The molecule has 3 aromatic rings. The van der Waals surface area contributed by atoms with Gasteiger partial charge in [0.25, 0.3) is 0 Å². The van der Waals surface area contributed by atoms with Crippen molar-refractivity contribution in [3.63, 3.8) is 0 Å². The summed E-state index contributed by atoms with van der Waals surface area (Å²) in [7, 11) is -3.26. The molecule has 0 saturated heterocycles. The molecule has 0 unspecified atom stereocenters. The van der Waals surface area contributed by atoms with Gasteiger partial charge in [0.2, 0.25) is 0 Å². The summed E-state index contributed by atoms with van der Waals surface area (Å²) in [6.45, 7) is -0.177. The lowest BCUT2D eigenvalue weighted by Crippen LogP contribution is -2.19. The molecule has 1 heterocycles. The van der Waals surface area contributed by atoms with Gasteiger partial charge in [-0.05, 0) is 48.4 Å². The second-order valence-corrected chi connectivity index (χ2v) is 8.79. The average Bonchev–Trinajstić information content (AvgIpc) is 3.05. The number of ether oxygens (including phenoxy) is 1. The van der Waals surface area contributed by atoms with Gasteiger partial charge in [0.15, 0.2) is 16.4 Å². The van der Waals surface area contributed by atoms with Crippen LogP contribution < -0.4 is 10.1 Å². The minimum absolute atomic E-state index is 0.180. The van der Waals surface area contributed by atoms with Crippen molar-refractivity contribution in [1.82, 2.24) is 10.3 Å². The molecule has 0 radical (unpaired) electrons. The van der Waals surface area contributed by atoms with Gasteiger partial charge in [0.1, 0.15) is 5.75 Å². The molecular weight excluding hydrogens is 405 g/mol. The molecule has 0 aliphatic rings. The number of hydrogen-bond acceptors (Lipinski definition) is 4. The Labute approximate surface area is 166 Å². The van der Waals surface area contributed by atoms with Crippen LogP contribution in [-0.2, 0) is 22.8 Å². The summed E-state index contributed by atoms with van der Waals surface area (Å²) in [5, 5.41) is 4.21. The van der Waals surface area contributed by atoms with Crippen molar-refractivity contribution >= 4 is 20.7 Å². The highest BCUT2D eigenvalue weighted by molar-refractivity contribution is 7.90. The Bertz CT molecular complexity index is 1090. The summed E-state index contributed by atoms with van der Waals surface area (Å²) in [5.41, 5.74) is 2.63. The van der Waals surface area contributed by atoms with Crippen LogP contribution in [0.2, 0.25) is 0 Å². The van der Waals surface area contributed by atoms with Gasteiger partial charge >= 0.3 is 6.18 Å². The van der Waals surface area contributed by atoms with Gasteiger partial charge in [-0.15, -0.1) is 0 Å². The molecule has 3 rings (SSSR count). The van der Waals surface area contributed by atoms with Crippen LogP contribution >= 0.6 is 0 Å². The smallest absolute Gasteiger partial charge is 0.422 e. The fourth-order valence-electron chi connectivity index (χ4n) is 2.97. The van der Waals surface area contributed by atoms with Crippen molar-refractivity contribution in [3.8, 4) is 5.75 Å². The molecule has 2 N–H and O–H groups in total. The maximum Gasteiger partial charge on any atom is 0.422 e. The van der Waals surface area contributed by atoms with Gasteiger partial charge in [0.05, 0.1) is 4.90 Å². The summed E-state index contributed by atoms with van der Waals surface area (Å²) in [6, 6.07) is 11.5. The number of rotatable bonds is 8. The monoisotopic (exact) mass is 426 g/mol. The molecule has 1 aromatic heterocycles. The van der Waals surface area contributed by atoms with Gasteiger partial charge in [-0.3, -0.25) is 0 Å². The van der Waals surface area contributed by atoms with E-state index in [4.69, 9.17) is 4.74 Å². The highest BCUT2D eigenvalue weighted by atomic mass is 32.2. The number of alkyl halides is 3. The number of aromatic amines is 1. The van der Waals surface area contributed by atoms with Gasteiger partial charge < -0.3 is 15.0 Å². The van der Waals surface area contributed by atoms with Crippen molar-refractivity contribution in [2.24, 2.45) is 0 Å². The Morgan fingerprint density at radius 1 is 1.14 bits per heavy atom. The quantitative estimate of drug-likeness (QED) is 0.537. The summed E-state index contributed by atoms with van der Waals surface area (Å²) in [6.07, 6.45) is -0.632. The Morgan fingerprint density at radius 3 is 2.66 bits per heavy atom. The predicted molar refractivity (Wildman–Crippen MR) is 105 cm³/mol. The second-order valence-electron chi connectivity index (χ2n) is 6.77. The minimum atomic E-state index is -4.37. The molecule has 5 nitrogen and oxygen atoms in total. The molecule has 0 aliphatic heterocycles. The van der Waals surface area contributed by atoms with E-state index in [0.717, 1.165) is 22.0 Å². The number of sulfone groups is 1. The van der Waals surface area contributed by atoms with E-state index in [9.17, 15) is 21.6 Å². The molecule has 0 saturated carbocycles. The number of fused-ring (bicyclic) bond motifs is 1. The largest absolute Gasteiger partial charge is 0.484 e. The Morgan fingerprint density at radius 2 is 1.93 bits per heavy atom. The van der Waals surface area contributed by atoms with Crippen LogP contribution in [0.4, 0.5) is 13.2 Å². The van der Waals surface area contributed by atoms with E-state index in [0.29, 0.717) is 19.5 Å². The summed E-state index contributed by atoms with van der Waals surface area (Å²) in [5.74, 6) is 0.180. The van der Waals surface area contributed by atoms with E-state index in [-0.39, 0.29) is 10.6 Å². The zero-order valence-electron chi connectivity index (χ0n) is 15.7. The number of benzene rings is 2. The van der Waals surface area contributed by atoms with Crippen molar-refractivity contribution < 1.29 is 26.3 Å². The van der Waals surface area contributed by atoms with Crippen LogP contribution in [-0.4, -0.2) is 39.0 Å². The fraction of sp³-hybridized carbons (Fsp3) is 0.300. The third-order valence-corrected chi connectivity index (χ3v) is 5.48. The van der Waals surface area contributed by atoms with Gasteiger partial charge in [-0.2, -0.15) is 13.2 Å². The Balaban J connectivity index is 1.54. The number of hydrogen-bond donors (Lipinski definition) is 2. The normalized spacial score (nSPS) is 12.4. The van der Waals surface area contributed by atoms with E-state index in [1.807, 2.05) is 12.3 Å². The zero-order valence-corrected chi connectivity index (χ0v) is 16.5. The standard InChI is InChI=1S/C20H21F3N2O3S/c1-29(26,27)17-5-6-18-15(12-25-19(18)10-17)7-8-24-11-14-3-2-4-16(9-14)28-13-20(21,22)23/h2-6,9-10,12,24-25H,7-8,11,13H2,1H3. The first kappa shape index (κ1) is 21.2. The zero-order chi connectivity index (χ0) is 21.1. The molecule has 0 fully saturated rings. The predicted octanol–water partition coefficient (Wildman–Crippen LogP) is 3.84. The molecule has 156 valence electrons. The van der Waals surface area contributed by atoms with Crippen LogP contribution in [0.1, 0.15) is 11.1 Å². The molecule has 2 aromatic carbocycles. The third kappa shape index (κ3) is 5.98. The minimum Gasteiger partial charge on any atom is -0.484 e. The van der Waals surface area contributed by atoms with Gasteiger partial charge in [-0.1, -0.05) is 18.2 Å². The molecule has 0 bridgehead atoms. The van der Waals surface area contributed by atoms with Crippen LogP contribution in [0.25, 0.3) is 10.9 Å². The summed E-state index contributed by atoms with van der Waals surface area (Å²) < 4.78 is 64.8. The lowest BCUT2D eigenvalue weighted by Gasteiger charge is -2.10. The first-order chi connectivity index (χ1) is 13.6. The lowest BCUT2D eigenvalue weighted by atomic mass is 10.1. The topological polar surface area (TPSA) is 71.2 Å². The first-order valence-corrected chi connectivity index (χ1v) is 10.8. The second kappa shape index (κ2) is 8.46. The van der Waals surface area contributed by atoms with Crippen LogP contribution in [0.5, 0.6) is 5.75 Å². The molecular formula is C20H21F3N2O3S. The Hall–Kier alpha value is -2.52. The van der Waals surface area contributed by atoms with Gasteiger partial charge in [0, 0.05) is 29.9 Å². The number of nitrogens with one attached hydrogen (secondary N) is 2. The maximum absolute atomic E-state index is 12.2. The highest BCUT2D eigenvalue weighted by Crippen LogP contribution is 2.22. The van der Waals surface area contributed by atoms with Crippen molar-refractivity contribution in [2.75, 3.05) is 19.4 Å². The fourth-order valence-corrected chi connectivity index (χ4v) is 3.62. The number of aromatic nitrogens is 1. The van der Waals surface area contributed by atoms with Gasteiger partial charge in [-0.25, -0.2) is 8.42 Å². The van der Waals surface area contributed by atoms with Crippen molar-refractivity contribution in [2.45, 2.75) is 24.0 Å². The summed E-state index contributed by atoms with van der Waals surface area (Å²) >= 11 is 0. The molecule has 29 heavy (non-hydrogen) atoms. The molecule has 0 atom stereocenters. The van der Waals surface area contributed by atoms with E-state index in [2.05, 4.69) is 10.3 Å². The number of halogens is 3.